The molecule has 0 aromatic carbocycles. The minimum atomic E-state index is 0.897. The average molecular weight is 239 g/mol. The lowest BCUT2D eigenvalue weighted by atomic mass is 10.1. The summed E-state index contributed by atoms with van der Waals surface area (Å²) in [5.41, 5.74) is 1.43. The molecule has 0 aliphatic heterocycles. The van der Waals surface area contributed by atoms with Crippen molar-refractivity contribution in [2.24, 2.45) is 0 Å². The third-order valence-electron chi connectivity index (χ3n) is 3.02. The summed E-state index contributed by atoms with van der Waals surface area (Å²) in [5.74, 6) is 0. The van der Waals surface area contributed by atoms with Gasteiger partial charge in [0.2, 0.25) is 0 Å². The highest BCUT2D eigenvalue weighted by molar-refractivity contribution is 7.31. The summed E-state index contributed by atoms with van der Waals surface area (Å²) in [6.07, 6.45) is 14.5. The van der Waals surface area contributed by atoms with Crippen LogP contribution in [0.3, 0.4) is 0 Å². The molecule has 0 spiro atoms. The zero-order valence-electron chi connectivity index (χ0n) is 10.9. The summed E-state index contributed by atoms with van der Waals surface area (Å²) in [6, 6.07) is 0. The van der Waals surface area contributed by atoms with E-state index in [1.165, 1.54) is 68.5 Å². The third kappa shape index (κ3) is 6.33. The summed E-state index contributed by atoms with van der Waals surface area (Å²) in [4.78, 5) is 4.44. The maximum atomic E-state index is 4.44. The molecule has 0 saturated heterocycles. The van der Waals surface area contributed by atoms with E-state index < -0.39 is 0 Å². The zero-order chi connectivity index (χ0) is 11.6. The van der Waals surface area contributed by atoms with E-state index in [9.17, 15) is 0 Å². The predicted molar refractivity (Wildman–Crippen MR) is 74.8 cm³/mol. The highest BCUT2D eigenvalue weighted by Gasteiger charge is 1.97. The fourth-order valence-electron chi connectivity index (χ4n) is 2.02. The number of aromatic nitrogens is 1. The molecule has 1 atom stereocenters. The van der Waals surface area contributed by atoms with Crippen molar-refractivity contribution in [3.63, 3.8) is 0 Å². The van der Waals surface area contributed by atoms with Crippen LogP contribution in [0.1, 0.15) is 69.0 Å². The molecule has 1 unspecified atom stereocenters. The van der Waals surface area contributed by atoms with Crippen LogP contribution in [0.5, 0.6) is 0 Å². The Morgan fingerprint density at radius 2 is 1.62 bits per heavy atom. The largest absolute Gasteiger partial charge is 0.257 e. The van der Waals surface area contributed by atoms with Crippen LogP contribution in [0.4, 0.5) is 0 Å². The van der Waals surface area contributed by atoms with Crippen molar-refractivity contribution >= 4 is 8.19 Å². The Balaban J connectivity index is 1.88. The number of hydrogen-bond donors (Lipinski definition) is 0. The number of hydrogen-bond acceptors (Lipinski definition) is 1. The smallest absolute Gasteiger partial charge is 0.0564 e. The number of nitrogens with zero attached hydrogens (tertiary/aromatic N) is 1. The van der Waals surface area contributed by atoms with Crippen LogP contribution in [0.2, 0.25) is 0 Å². The maximum Gasteiger partial charge on any atom is 0.0564 e. The molecule has 0 fully saturated rings. The van der Waals surface area contributed by atoms with Crippen molar-refractivity contribution in [2.45, 2.75) is 71.6 Å². The van der Waals surface area contributed by atoms with Gasteiger partial charge in [0.05, 0.1) is 5.43 Å². The minimum Gasteiger partial charge on any atom is -0.257 e. The first kappa shape index (κ1) is 13.8. The van der Waals surface area contributed by atoms with Gasteiger partial charge in [0, 0.05) is 6.20 Å². The Labute approximate surface area is 102 Å². The lowest BCUT2D eigenvalue weighted by Crippen LogP contribution is -1.84. The van der Waals surface area contributed by atoms with Gasteiger partial charge in [0.1, 0.15) is 0 Å². The van der Waals surface area contributed by atoms with Gasteiger partial charge in [0.15, 0.2) is 0 Å². The molecule has 0 saturated carbocycles. The Hall–Kier alpha value is -0.290. The first-order valence-electron chi connectivity index (χ1n) is 6.83. The van der Waals surface area contributed by atoms with E-state index in [4.69, 9.17) is 0 Å². The van der Waals surface area contributed by atoms with Gasteiger partial charge in [-0.15, -0.1) is 8.19 Å². The highest BCUT2D eigenvalue weighted by Crippen LogP contribution is 2.20. The molecule has 16 heavy (non-hydrogen) atoms. The summed E-state index contributed by atoms with van der Waals surface area (Å²) in [5, 5.41) is 1.45. The van der Waals surface area contributed by atoms with E-state index in [1.54, 1.807) is 0 Å². The standard InChI is InChI=1S/C14H26NP/c1-3-4-5-6-7-8-9-10-11-14-15-12-13(2)16-14/h12,16H,3-11H2,1-2H3. The molecule has 0 N–H and O–H groups in total. The second-order valence-corrected chi connectivity index (χ2v) is 6.35. The molecular formula is C14H26NP. The van der Waals surface area contributed by atoms with Gasteiger partial charge in [-0.25, -0.2) is 0 Å². The van der Waals surface area contributed by atoms with Crippen molar-refractivity contribution in [2.75, 3.05) is 0 Å². The van der Waals surface area contributed by atoms with Gasteiger partial charge in [-0.2, -0.15) is 0 Å². The second-order valence-electron chi connectivity index (χ2n) is 4.74. The summed E-state index contributed by atoms with van der Waals surface area (Å²) in [7, 11) is 0.897. The van der Waals surface area contributed by atoms with E-state index in [2.05, 4.69) is 18.8 Å². The Morgan fingerprint density at radius 3 is 2.19 bits per heavy atom. The molecule has 1 nitrogen and oxygen atoms in total. The van der Waals surface area contributed by atoms with Gasteiger partial charge in [0.25, 0.3) is 0 Å². The van der Waals surface area contributed by atoms with Crippen LogP contribution < -0.4 is 0 Å². The lowest BCUT2D eigenvalue weighted by Gasteiger charge is -2.00. The molecule has 92 valence electrons. The van der Waals surface area contributed by atoms with Crippen LogP contribution in [-0.2, 0) is 6.42 Å². The Kier molecular flexibility index (Phi) is 7.59. The number of rotatable bonds is 9. The SMILES string of the molecule is CCCCCCCCCCc1ncc(C)[pH]1. The minimum absolute atomic E-state index is 0.897. The normalized spacial score (nSPS) is 11.4. The van der Waals surface area contributed by atoms with E-state index in [0.29, 0.717) is 0 Å². The molecular weight excluding hydrogens is 213 g/mol. The molecule has 2 heteroatoms. The molecule has 1 heterocycles. The Morgan fingerprint density at radius 1 is 1.00 bits per heavy atom. The molecule has 0 aliphatic rings. The quantitative estimate of drug-likeness (QED) is 0.546. The highest BCUT2D eigenvalue weighted by atomic mass is 31.0. The molecule has 0 bridgehead atoms. The van der Waals surface area contributed by atoms with E-state index in [-0.39, 0.29) is 0 Å². The van der Waals surface area contributed by atoms with E-state index in [1.807, 2.05) is 6.20 Å². The topological polar surface area (TPSA) is 12.9 Å². The fraction of sp³-hybridized carbons (Fsp3) is 0.786. The van der Waals surface area contributed by atoms with Gasteiger partial charge in [-0.3, -0.25) is 4.98 Å². The van der Waals surface area contributed by atoms with Gasteiger partial charge < -0.3 is 0 Å². The van der Waals surface area contributed by atoms with Crippen LogP contribution >= 0.6 is 8.19 Å². The fourth-order valence-corrected chi connectivity index (χ4v) is 3.04. The first-order valence-corrected chi connectivity index (χ1v) is 7.83. The third-order valence-corrected chi connectivity index (χ3v) is 4.21. The summed E-state index contributed by atoms with van der Waals surface area (Å²) in [6.45, 7) is 4.46. The first-order chi connectivity index (χ1) is 7.83. The number of unbranched alkanes of at least 4 members (excludes halogenated alkanes) is 7. The second kappa shape index (κ2) is 8.82. The molecule has 1 aromatic heterocycles. The van der Waals surface area contributed by atoms with Gasteiger partial charge in [-0.1, -0.05) is 51.9 Å². The van der Waals surface area contributed by atoms with Crippen molar-refractivity contribution in [1.29, 1.82) is 0 Å². The maximum absolute atomic E-state index is 4.44. The van der Waals surface area contributed by atoms with Gasteiger partial charge >= 0.3 is 0 Å². The summed E-state index contributed by atoms with van der Waals surface area (Å²) < 4.78 is 0. The van der Waals surface area contributed by atoms with Crippen molar-refractivity contribution < 1.29 is 0 Å². The summed E-state index contributed by atoms with van der Waals surface area (Å²) >= 11 is 0. The van der Waals surface area contributed by atoms with Gasteiger partial charge in [-0.05, 0) is 25.1 Å². The van der Waals surface area contributed by atoms with Crippen molar-refractivity contribution in [1.82, 2.24) is 4.98 Å². The molecule has 0 radical (unpaired) electrons. The van der Waals surface area contributed by atoms with E-state index >= 15 is 0 Å². The van der Waals surface area contributed by atoms with Crippen LogP contribution in [-0.4, -0.2) is 4.98 Å². The molecule has 1 aromatic rings. The monoisotopic (exact) mass is 239 g/mol. The van der Waals surface area contributed by atoms with Crippen LogP contribution in [0.25, 0.3) is 0 Å². The van der Waals surface area contributed by atoms with Crippen molar-refractivity contribution in [3.05, 3.63) is 16.9 Å². The lowest BCUT2D eigenvalue weighted by molar-refractivity contribution is 0.575. The molecule has 1 rings (SSSR count). The van der Waals surface area contributed by atoms with E-state index in [0.717, 1.165) is 8.19 Å². The Bertz CT molecular complexity index is 267. The van der Waals surface area contributed by atoms with Crippen molar-refractivity contribution in [3.8, 4) is 0 Å². The zero-order valence-corrected chi connectivity index (χ0v) is 11.9. The predicted octanol–water partition coefficient (Wildman–Crippen LogP) is 5.10. The number of aryl methyl sites for hydroxylation is 2. The molecule has 0 aliphatic carbocycles. The van der Waals surface area contributed by atoms with Crippen LogP contribution in [0.15, 0.2) is 6.20 Å². The molecule has 0 amide bonds. The van der Waals surface area contributed by atoms with Crippen LogP contribution in [0, 0.1) is 6.92 Å². The average Bonchev–Trinajstić information content (AvgIpc) is 2.68.